The molecule has 2 fully saturated rings. The predicted octanol–water partition coefficient (Wildman–Crippen LogP) is 4.13. The maximum Gasteiger partial charge on any atom is 0.245 e. The van der Waals surface area contributed by atoms with E-state index in [1.807, 2.05) is 36.4 Å². The molecule has 0 bridgehead atoms. The van der Waals surface area contributed by atoms with Gasteiger partial charge in [0.15, 0.2) is 0 Å². The number of pyridine rings is 2. The summed E-state index contributed by atoms with van der Waals surface area (Å²) in [5, 5.41) is 10.4. The number of aryl methyl sites for hydroxylation is 2. The number of rotatable bonds is 4. The zero-order valence-electron chi connectivity index (χ0n) is 21.0. The zero-order valence-corrected chi connectivity index (χ0v) is 21.8. The van der Waals surface area contributed by atoms with Crippen LogP contribution in [-0.2, 0) is 22.6 Å². The topological polar surface area (TPSA) is 95.2 Å². The van der Waals surface area contributed by atoms with Crippen LogP contribution in [-0.4, -0.2) is 51.9 Å². The summed E-state index contributed by atoms with van der Waals surface area (Å²) in [5.74, 6) is 0.694. The summed E-state index contributed by atoms with van der Waals surface area (Å²) < 4.78 is 6.34. The maximum absolute atomic E-state index is 12.0. The molecule has 0 aliphatic carbocycles. The largest absolute Gasteiger partial charge is 0.367 e. The van der Waals surface area contributed by atoms with Gasteiger partial charge in [0, 0.05) is 55.3 Å². The third kappa shape index (κ3) is 3.92. The van der Waals surface area contributed by atoms with Crippen molar-refractivity contribution in [3.8, 4) is 17.3 Å². The molecule has 3 aromatic heterocycles. The molecular weight excluding hydrogens is 484 g/mol. The first kappa shape index (κ1) is 23.8. The average Bonchev–Trinajstić information content (AvgIpc) is 3.53. The first-order valence-electron chi connectivity index (χ1n) is 12.5. The fourth-order valence-corrected chi connectivity index (χ4v) is 6.81. The molecule has 3 aliphatic rings. The van der Waals surface area contributed by atoms with Crippen LogP contribution in [0.4, 0.5) is 5.82 Å². The van der Waals surface area contributed by atoms with Crippen LogP contribution in [0.2, 0.25) is 0 Å². The molecule has 6 rings (SSSR count). The fraction of sp³-hybridized carbons (Fsp3) is 0.393. The van der Waals surface area contributed by atoms with Crippen LogP contribution < -0.4 is 4.90 Å². The molecule has 1 unspecified atom stereocenters. The molecule has 9 heteroatoms. The van der Waals surface area contributed by atoms with Gasteiger partial charge in [0.1, 0.15) is 17.5 Å². The first-order valence-corrected chi connectivity index (χ1v) is 13.4. The Bertz CT molecular complexity index is 1450. The van der Waals surface area contributed by atoms with Crippen molar-refractivity contribution in [3.05, 3.63) is 69.5 Å². The number of nitrogens with zero attached hydrogens (tertiary/aromatic N) is 6. The van der Waals surface area contributed by atoms with Crippen molar-refractivity contribution in [2.45, 2.75) is 39.4 Å². The average molecular weight is 513 g/mol. The van der Waals surface area contributed by atoms with Crippen molar-refractivity contribution in [1.82, 2.24) is 19.9 Å². The van der Waals surface area contributed by atoms with E-state index in [1.165, 1.54) is 6.08 Å². The second-order valence-electron chi connectivity index (χ2n) is 10.3. The summed E-state index contributed by atoms with van der Waals surface area (Å²) in [4.78, 5) is 31.5. The molecule has 6 heterocycles. The minimum Gasteiger partial charge on any atom is -0.367 e. The van der Waals surface area contributed by atoms with E-state index in [9.17, 15) is 10.1 Å². The number of nitriles is 1. The Labute approximate surface area is 220 Å². The summed E-state index contributed by atoms with van der Waals surface area (Å²) in [7, 11) is 0. The van der Waals surface area contributed by atoms with Gasteiger partial charge in [-0.3, -0.25) is 9.78 Å². The summed E-state index contributed by atoms with van der Waals surface area (Å²) in [6.07, 6.45) is 4.62. The SMILES string of the molecule is C=CC(=O)N1CC2(CCN(c3nc4c(c(-c5ncccc5C)c3C#N)COC(c3scnc3C)C4)C2)C1. The van der Waals surface area contributed by atoms with Crippen molar-refractivity contribution in [2.24, 2.45) is 5.41 Å². The summed E-state index contributed by atoms with van der Waals surface area (Å²) in [6.45, 7) is 11.0. The number of ether oxygens (including phenoxy) is 1. The first-order chi connectivity index (χ1) is 17.9. The Kier molecular flexibility index (Phi) is 5.81. The Balaban J connectivity index is 1.42. The summed E-state index contributed by atoms with van der Waals surface area (Å²) >= 11 is 1.61. The molecule has 37 heavy (non-hydrogen) atoms. The number of hydrogen-bond donors (Lipinski definition) is 0. The van der Waals surface area contributed by atoms with Crippen LogP contribution in [0.1, 0.15) is 45.5 Å². The minimum absolute atomic E-state index is 0.0222. The number of fused-ring (bicyclic) bond motifs is 1. The Morgan fingerprint density at radius 3 is 2.86 bits per heavy atom. The molecule has 0 radical (unpaired) electrons. The van der Waals surface area contributed by atoms with E-state index in [4.69, 9.17) is 14.7 Å². The lowest BCUT2D eigenvalue weighted by Crippen LogP contribution is -2.59. The lowest BCUT2D eigenvalue weighted by molar-refractivity contribution is -0.136. The van der Waals surface area contributed by atoms with Gasteiger partial charge in [-0.1, -0.05) is 12.6 Å². The normalized spacial score (nSPS) is 19.9. The van der Waals surface area contributed by atoms with Crippen LogP contribution in [0.3, 0.4) is 0 Å². The molecule has 1 spiro atoms. The molecule has 0 aromatic carbocycles. The second-order valence-corrected chi connectivity index (χ2v) is 11.2. The number of hydrogen-bond acceptors (Lipinski definition) is 8. The maximum atomic E-state index is 12.0. The number of carbonyl (C=O) groups excluding carboxylic acids is 1. The van der Waals surface area contributed by atoms with Gasteiger partial charge < -0.3 is 14.5 Å². The van der Waals surface area contributed by atoms with Gasteiger partial charge >= 0.3 is 0 Å². The molecule has 188 valence electrons. The highest BCUT2D eigenvalue weighted by Gasteiger charge is 2.49. The van der Waals surface area contributed by atoms with Crippen molar-refractivity contribution >= 4 is 23.1 Å². The standard InChI is InChI=1S/C28H28N6O2S/c1-4-23(35)34-14-28(15-34)7-9-33(13-28)27-19(11-29)24(25-17(2)6-5-8-30-25)20-12-36-22(10-21(20)32-27)26-18(3)31-16-37-26/h4-6,8,16,22H,1,7,9-10,12-15H2,2-3H3. The highest BCUT2D eigenvalue weighted by molar-refractivity contribution is 7.09. The van der Waals surface area contributed by atoms with E-state index in [0.717, 1.165) is 58.2 Å². The molecule has 3 aromatic rings. The molecule has 0 N–H and O–H groups in total. The van der Waals surface area contributed by atoms with Crippen molar-refractivity contribution < 1.29 is 9.53 Å². The Morgan fingerprint density at radius 2 is 2.16 bits per heavy atom. The monoisotopic (exact) mass is 512 g/mol. The molecule has 2 saturated heterocycles. The van der Waals surface area contributed by atoms with Gasteiger partial charge in [-0.25, -0.2) is 9.97 Å². The van der Waals surface area contributed by atoms with Crippen LogP contribution in [0.15, 0.2) is 36.5 Å². The molecule has 1 atom stereocenters. The quantitative estimate of drug-likeness (QED) is 0.485. The highest BCUT2D eigenvalue weighted by Crippen LogP contribution is 2.45. The molecule has 3 aliphatic heterocycles. The van der Waals surface area contributed by atoms with E-state index in [0.29, 0.717) is 37.5 Å². The summed E-state index contributed by atoms with van der Waals surface area (Å²) in [5.41, 5.74) is 7.96. The fourth-order valence-electron chi connectivity index (χ4n) is 5.96. The number of carbonyl (C=O) groups is 1. The molecule has 0 saturated carbocycles. The van der Waals surface area contributed by atoms with Crippen LogP contribution >= 0.6 is 11.3 Å². The number of aromatic nitrogens is 3. The number of amides is 1. The lowest BCUT2D eigenvalue weighted by atomic mass is 9.79. The third-order valence-electron chi connectivity index (χ3n) is 7.88. The minimum atomic E-state index is -0.110. The molecule has 1 amide bonds. The number of thiazole rings is 1. The second kappa shape index (κ2) is 9.05. The van der Waals surface area contributed by atoms with Crippen molar-refractivity contribution in [2.75, 3.05) is 31.1 Å². The zero-order chi connectivity index (χ0) is 25.7. The van der Waals surface area contributed by atoms with Crippen LogP contribution in [0, 0.1) is 30.6 Å². The highest BCUT2D eigenvalue weighted by atomic mass is 32.1. The van der Waals surface area contributed by atoms with E-state index in [-0.39, 0.29) is 17.4 Å². The van der Waals surface area contributed by atoms with Gasteiger partial charge in [0.05, 0.1) is 40.2 Å². The van der Waals surface area contributed by atoms with Gasteiger partial charge in [-0.2, -0.15) is 5.26 Å². The van der Waals surface area contributed by atoms with Crippen LogP contribution in [0.5, 0.6) is 0 Å². The Hall–Kier alpha value is -3.61. The van der Waals surface area contributed by atoms with Gasteiger partial charge in [-0.05, 0) is 38.0 Å². The van der Waals surface area contributed by atoms with Crippen molar-refractivity contribution in [3.63, 3.8) is 0 Å². The van der Waals surface area contributed by atoms with Crippen LogP contribution in [0.25, 0.3) is 11.3 Å². The van der Waals surface area contributed by atoms with Gasteiger partial charge in [0.25, 0.3) is 0 Å². The number of anilines is 1. The van der Waals surface area contributed by atoms with Gasteiger partial charge in [0.2, 0.25) is 5.91 Å². The van der Waals surface area contributed by atoms with E-state index >= 15 is 0 Å². The van der Waals surface area contributed by atoms with Crippen molar-refractivity contribution in [1.29, 1.82) is 5.26 Å². The number of likely N-dealkylation sites (tertiary alicyclic amines) is 1. The lowest BCUT2D eigenvalue weighted by Gasteiger charge is -2.47. The molecule has 8 nitrogen and oxygen atoms in total. The van der Waals surface area contributed by atoms with E-state index in [2.05, 4.69) is 22.5 Å². The smallest absolute Gasteiger partial charge is 0.245 e. The van der Waals surface area contributed by atoms with E-state index < -0.39 is 0 Å². The predicted molar refractivity (Wildman–Crippen MR) is 141 cm³/mol. The Morgan fingerprint density at radius 1 is 1.32 bits per heavy atom. The van der Waals surface area contributed by atoms with E-state index in [1.54, 1.807) is 17.5 Å². The molecular formula is C28H28N6O2S. The van der Waals surface area contributed by atoms with Gasteiger partial charge in [-0.15, -0.1) is 11.3 Å². The third-order valence-corrected chi connectivity index (χ3v) is 8.91. The summed E-state index contributed by atoms with van der Waals surface area (Å²) in [6, 6.07) is 6.41.